The molecule has 5 rings (SSSR count). The van der Waals surface area contributed by atoms with Gasteiger partial charge >= 0.3 is 0 Å². The Balaban J connectivity index is 1.69. The number of ether oxygens (including phenoxy) is 1. The summed E-state index contributed by atoms with van der Waals surface area (Å²) in [5.74, 6) is 3.11. The van der Waals surface area contributed by atoms with E-state index in [1.807, 2.05) is 77.8 Å². The van der Waals surface area contributed by atoms with Gasteiger partial charge in [-0.1, -0.05) is 30.3 Å². The largest absolute Gasteiger partial charge is 0.496 e. The molecule has 1 unspecified atom stereocenters. The first-order chi connectivity index (χ1) is 15.2. The van der Waals surface area contributed by atoms with Gasteiger partial charge in [-0.2, -0.15) is 11.3 Å². The second-order valence-electron chi connectivity index (χ2n) is 7.14. The smallest absolute Gasteiger partial charge is 0.162 e. The SMILES string of the molecule is COc1ccccc1C(Nc1nc(-c2ccsc2)nc2ccccc12)c1nccn1C. The summed E-state index contributed by atoms with van der Waals surface area (Å²) in [4.78, 5) is 14.3. The molecule has 5 aromatic rings. The number of fused-ring (bicyclic) bond motifs is 1. The van der Waals surface area contributed by atoms with Crippen molar-refractivity contribution >= 4 is 28.1 Å². The molecule has 0 saturated heterocycles. The molecule has 2 aromatic carbocycles. The number of anilines is 1. The molecule has 0 aliphatic carbocycles. The Labute approximate surface area is 184 Å². The molecule has 6 nitrogen and oxygen atoms in total. The van der Waals surface area contributed by atoms with Crippen LogP contribution in [0.25, 0.3) is 22.3 Å². The number of aryl methyl sites for hydroxylation is 1. The number of para-hydroxylation sites is 2. The summed E-state index contributed by atoms with van der Waals surface area (Å²) in [5.41, 5.74) is 2.88. The minimum absolute atomic E-state index is 0.259. The third-order valence-corrected chi connectivity index (χ3v) is 5.91. The molecule has 0 amide bonds. The van der Waals surface area contributed by atoms with Gasteiger partial charge in [-0.25, -0.2) is 15.0 Å². The van der Waals surface area contributed by atoms with Crippen molar-refractivity contribution in [3.63, 3.8) is 0 Å². The van der Waals surface area contributed by atoms with E-state index < -0.39 is 0 Å². The molecule has 1 atom stereocenters. The van der Waals surface area contributed by atoms with Crippen molar-refractivity contribution in [2.75, 3.05) is 12.4 Å². The number of nitrogens with zero attached hydrogens (tertiary/aromatic N) is 4. The molecule has 0 bridgehead atoms. The van der Waals surface area contributed by atoms with Crippen molar-refractivity contribution in [1.82, 2.24) is 19.5 Å². The minimum atomic E-state index is -0.259. The summed E-state index contributed by atoms with van der Waals surface area (Å²) in [6, 6.07) is 17.8. The highest BCUT2D eigenvalue weighted by atomic mass is 32.1. The highest BCUT2D eigenvalue weighted by Gasteiger charge is 2.23. The third kappa shape index (κ3) is 3.64. The maximum absolute atomic E-state index is 5.66. The molecule has 1 N–H and O–H groups in total. The Morgan fingerprint density at radius 3 is 2.65 bits per heavy atom. The lowest BCUT2D eigenvalue weighted by Crippen LogP contribution is -2.18. The zero-order chi connectivity index (χ0) is 21.2. The standard InChI is InChI=1S/C24H21N5OS/c1-29-13-12-25-24(29)21(18-8-4-6-10-20(18)30-2)27-23-17-7-3-5-9-19(17)26-22(28-23)16-11-14-31-15-16/h3-15,21H,1-2H3,(H,26,27,28). The van der Waals surface area contributed by atoms with Gasteiger partial charge in [0.15, 0.2) is 5.82 Å². The van der Waals surface area contributed by atoms with Gasteiger partial charge < -0.3 is 14.6 Å². The predicted octanol–water partition coefficient (Wildman–Crippen LogP) is 5.30. The number of rotatable bonds is 6. The first kappa shape index (κ1) is 19.3. The highest BCUT2D eigenvalue weighted by molar-refractivity contribution is 7.08. The van der Waals surface area contributed by atoms with Crippen LogP contribution in [-0.2, 0) is 7.05 Å². The molecule has 0 radical (unpaired) electrons. The Morgan fingerprint density at radius 2 is 1.87 bits per heavy atom. The van der Waals surface area contributed by atoms with E-state index in [1.54, 1.807) is 24.6 Å². The lowest BCUT2D eigenvalue weighted by atomic mass is 10.0. The summed E-state index contributed by atoms with van der Waals surface area (Å²) in [7, 11) is 3.67. The zero-order valence-corrected chi connectivity index (χ0v) is 18.0. The number of aromatic nitrogens is 4. The monoisotopic (exact) mass is 427 g/mol. The topological polar surface area (TPSA) is 64.9 Å². The van der Waals surface area contributed by atoms with Crippen LogP contribution in [0.15, 0.2) is 77.8 Å². The molecule has 31 heavy (non-hydrogen) atoms. The second kappa shape index (κ2) is 8.20. The molecular weight excluding hydrogens is 406 g/mol. The summed E-state index contributed by atoms with van der Waals surface area (Å²) < 4.78 is 7.67. The number of hydrogen-bond donors (Lipinski definition) is 1. The van der Waals surface area contributed by atoms with E-state index in [9.17, 15) is 0 Å². The average molecular weight is 428 g/mol. The van der Waals surface area contributed by atoms with Crippen molar-refractivity contribution in [2.24, 2.45) is 7.05 Å². The molecule has 3 heterocycles. The van der Waals surface area contributed by atoms with Crippen molar-refractivity contribution in [1.29, 1.82) is 0 Å². The van der Waals surface area contributed by atoms with Gasteiger partial charge in [0.1, 0.15) is 23.4 Å². The molecular formula is C24H21N5OS. The molecule has 0 saturated carbocycles. The maximum Gasteiger partial charge on any atom is 0.162 e. The van der Waals surface area contributed by atoms with E-state index in [4.69, 9.17) is 14.7 Å². The van der Waals surface area contributed by atoms with Crippen LogP contribution in [0, 0.1) is 0 Å². The first-order valence-electron chi connectivity index (χ1n) is 9.90. The fourth-order valence-electron chi connectivity index (χ4n) is 3.69. The second-order valence-corrected chi connectivity index (χ2v) is 7.92. The van der Waals surface area contributed by atoms with Crippen LogP contribution < -0.4 is 10.1 Å². The lowest BCUT2D eigenvalue weighted by molar-refractivity contribution is 0.408. The fraction of sp³-hybridized carbons (Fsp3) is 0.125. The summed E-state index contributed by atoms with van der Waals surface area (Å²) in [6.07, 6.45) is 3.74. The van der Waals surface area contributed by atoms with E-state index in [1.165, 1.54) is 0 Å². The van der Waals surface area contributed by atoms with Crippen LogP contribution in [0.5, 0.6) is 5.75 Å². The normalized spacial score (nSPS) is 12.1. The quantitative estimate of drug-likeness (QED) is 0.398. The molecule has 0 fully saturated rings. The molecule has 7 heteroatoms. The molecule has 0 aliphatic heterocycles. The van der Waals surface area contributed by atoms with E-state index in [0.717, 1.165) is 39.4 Å². The van der Waals surface area contributed by atoms with Crippen LogP contribution in [0.2, 0.25) is 0 Å². The van der Waals surface area contributed by atoms with E-state index in [-0.39, 0.29) is 6.04 Å². The third-order valence-electron chi connectivity index (χ3n) is 5.23. The number of imidazole rings is 1. The van der Waals surface area contributed by atoms with Crippen LogP contribution in [0.1, 0.15) is 17.4 Å². The predicted molar refractivity (Wildman–Crippen MR) is 125 cm³/mol. The number of nitrogens with one attached hydrogen (secondary N) is 1. The van der Waals surface area contributed by atoms with Crippen LogP contribution in [0.4, 0.5) is 5.82 Å². The molecule has 3 aromatic heterocycles. The average Bonchev–Trinajstić information content (AvgIpc) is 3.49. The van der Waals surface area contributed by atoms with E-state index in [0.29, 0.717) is 5.82 Å². The zero-order valence-electron chi connectivity index (χ0n) is 17.2. The minimum Gasteiger partial charge on any atom is -0.496 e. The van der Waals surface area contributed by atoms with Gasteiger partial charge in [0, 0.05) is 41.3 Å². The highest BCUT2D eigenvalue weighted by Crippen LogP contribution is 2.34. The Morgan fingerprint density at radius 1 is 1.03 bits per heavy atom. The van der Waals surface area contributed by atoms with Gasteiger partial charge in [0.05, 0.1) is 12.6 Å². The van der Waals surface area contributed by atoms with E-state index >= 15 is 0 Å². The van der Waals surface area contributed by atoms with Crippen molar-refractivity contribution in [3.05, 3.63) is 89.1 Å². The fourth-order valence-corrected chi connectivity index (χ4v) is 4.32. The van der Waals surface area contributed by atoms with Gasteiger partial charge in [-0.05, 0) is 29.6 Å². The van der Waals surface area contributed by atoms with Gasteiger partial charge in [-0.3, -0.25) is 0 Å². The first-order valence-corrected chi connectivity index (χ1v) is 10.8. The summed E-state index contributed by atoms with van der Waals surface area (Å²) >= 11 is 1.63. The number of methoxy groups -OCH3 is 1. The molecule has 0 spiro atoms. The molecule has 0 aliphatic rings. The van der Waals surface area contributed by atoms with Gasteiger partial charge in [0.2, 0.25) is 0 Å². The van der Waals surface area contributed by atoms with Crippen molar-refractivity contribution in [3.8, 4) is 17.1 Å². The lowest BCUT2D eigenvalue weighted by Gasteiger charge is -2.22. The number of thiophene rings is 1. The summed E-state index contributed by atoms with van der Waals surface area (Å²) in [6.45, 7) is 0. The number of benzene rings is 2. The van der Waals surface area contributed by atoms with Crippen molar-refractivity contribution < 1.29 is 4.74 Å². The Bertz CT molecular complexity index is 1330. The number of hydrogen-bond acceptors (Lipinski definition) is 6. The Hall–Kier alpha value is -3.71. The van der Waals surface area contributed by atoms with Crippen LogP contribution in [0.3, 0.4) is 0 Å². The van der Waals surface area contributed by atoms with Gasteiger partial charge in [-0.15, -0.1) is 0 Å². The Kier molecular flexibility index (Phi) is 5.09. The van der Waals surface area contributed by atoms with Crippen molar-refractivity contribution in [2.45, 2.75) is 6.04 Å². The van der Waals surface area contributed by atoms with E-state index in [2.05, 4.69) is 15.7 Å². The van der Waals surface area contributed by atoms with Gasteiger partial charge in [0.25, 0.3) is 0 Å². The summed E-state index contributed by atoms with van der Waals surface area (Å²) in [5, 5.41) is 8.70. The molecule has 154 valence electrons. The van der Waals surface area contributed by atoms with Crippen LogP contribution >= 0.6 is 11.3 Å². The van der Waals surface area contributed by atoms with Crippen LogP contribution in [-0.4, -0.2) is 26.6 Å². The maximum atomic E-state index is 5.66.